The van der Waals surface area contributed by atoms with Crippen LogP contribution in [0.15, 0.2) is 16.6 Å². The van der Waals surface area contributed by atoms with Gasteiger partial charge in [0.25, 0.3) is 0 Å². The van der Waals surface area contributed by atoms with Gasteiger partial charge in [-0.3, -0.25) is 9.67 Å². The van der Waals surface area contributed by atoms with E-state index in [1.807, 2.05) is 13.8 Å². The largest absolute Gasteiger partial charge is 0.269 e. The predicted molar refractivity (Wildman–Crippen MR) is 70.5 cm³/mol. The quantitative estimate of drug-likeness (QED) is 0.663. The molecule has 0 fully saturated rings. The molecule has 7 heteroatoms. The van der Waals surface area contributed by atoms with E-state index in [0.717, 1.165) is 12.1 Å². The van der Waals surface area contributed by atoms with Crippen LogP contribution in [0.5, 0.6) is 0 Å². The fourth-order valence-corrected chi connectivity index (χ4v) is 2.17. The zero-order valence-electron chi connectivity index (χ0n) is 9.67. The monoisotopic (exact) mass is 333 g/mol. The molecule has 18 heavy (non-hydrogen) atoms. The first-order valence-corrected chi connectivity index (χ1v) is 6.44. The van der Waals surface area contributed by atoms with Crippen LogP contribution in [-0.4, -0.2) is 14.8 Å². The summed E-state index contributed by atoms with van der Waals surface area (Å²) in [5, 5.41) is 6.62. The molecule has 1 heterocycles. The lowest BCUT2D eigenvalue weighted by Gasteiger charge is -2.10. The molecule has 0 amide bonds. The summed E-state index contributed by atoms with van der Waals surface area (Å²) >= 11 is 7.99. The van der Waals surface area contributed by atoms with Crippen molar-refractivity contribution in [2.75, 3.05) is 0 Å². The number of aromatic amines is 1. The topological polar surface area (TPSA) is 33.6 Å². The third-order valence-corrected chi connectivity index (χ3v) is 3.33. The lowest BCUT2D eigenvalue weighted by molar-refractivity contribution is 0.582. The molecular weight excluding hydrogens is 324 g/mol. The molecule has 0 bridgehead atoms. The summed E-state index contributed by atoms with van der Waals surface area (Å²) in [7, 11) is 0. The molecule has 3 nitrogen and oxygen atoms in total. The van der Waals surface area contributed by atoms with E-state index in [2.05, 4.69) is 26.1 Å². The number of aromatic nitrogens is 3. The lowest BCUT2D eigenvalue weighted by atomic mass is 10.2. The molecule has 1 aromatic carbocycles. The Hall–Kier alpha value is -1.08. The second-order valence-electron chi connectivity index (χ2n) is 4.09. The minimum Gasteiger partial charge on any atom is -0.269 e. The molecule has 96 valence electrons. The first-order valence-electron chi connectivity index (χ1n) is 5.24. The average molecular weight is 334 g/mol. The molecule has 0 radical (unpaired) electrons. The van der Waals surface area contributed by atoms with Crippen molar-refractivity contribution in [2.45, 2.75) is 19.8 Å². The van der Waals surface area contributed by atoms with Gasteiger partial charge in [0, 0.05) is 12.0 Å². The Bertz CT molecular complexity index is 648. The number of benzene rings is 1. The Kier molecular flexibility index (Phi) is 3.63. The molecule has 2 rings (SSSR count). The van der Waals surface area contributed by atoms with E-state index in [9.17, 15) is 8.78 Å². The Balaban J connectivity index is 2.73. The van der Waals surface area contributed by atoms with Gasteiger partial charge >= 0.3 is 0 Å². The van der Waals surface area contributed by atoms with Crippen LogP contribution >= 0.6 is 28.1 Å². The van der Waals surface area contributed by atoms with Crippen molar-refractivity contribution >= 4 is 28.1 Å². The third kappa shape index (κ3) is 2.24. The molecule has 0 saturated carbocycles. The van der Waals surface area contributed by atoms with E-state index in [1.54, 1.807) is 0 Å². The molecule has 0 aliphatic rings. The fourth-order valence-electron chi connectivity index (χ4n) is 1.61. The van der Waals surface area contributed by atoms with Crippen LogP contribution in [0.1, 0.15) is 25.6 Å². The second kappa shape index (κ2) is 4.89. The van der Waals surface area contributed by atoms with Crippen molar-refractivity contribution < 1.29 is 8.78 Å². The summed E-state index contributed by atoms with van der Waals surface area (Å²) < 4.78 is 29.2. The molecular formula is C11H10BrF2N3S. The van der Waals surface area contributed by atoms with Gasteiger partial charge in [-0.1, -0.05) is 13.8 Å². The van der Waals surface area contributed by atoms with Crippen molar-refractivity contribution in [1.29, 1.82) is 0 Å². The molecule has 0 aliphatic carbocycles. The molecule has 1 N–H and O–H groups in total. The van der Waals surface area contributed by atoms with E-state index in [-0.39, 0.29) is 20.8 Å². The maximum atomic E-state index is 13.9. The minimum absolute atomic E-state index is 0.0315. The Morgan fingerprint density at radius 2 is 2.00 bits per heavy atom. The number of hydrogen-bond acceptors (Lipinski definition) is 2. The van der Waals surface area contributed by atoms with Gasteiger partial charge in [0.2, 0.25) is 0 Å². The molecule has 0 saturated heterocycles. The van der Waals surface area contributed by atoms with Crippen LogP contribution in [-0.2, 0) is 0 Å². The maximum absolute atomic E-state index is 13.9. The van der Waals surface area contributed by atoms with Crippen LogP contribution < -0.4 is 0 Å². The van der Waals surface area contributed by atoms with E-state index in [0.29, 0.717) is 5.82 Å². The van der Waals surface area contributed by atoms with Crippen molar-refractivity contribution in [2.24, 2.45) is 0 Å². The van der Waals surface area contributed by atoms with Gasteiger partial charge < -0.3 is 0 Å². The summed E-state index contributed by atoms with van der Waals surface area (Å²) in [4.78, 5) is 0. The van der Waals surface area contributed by atoms with Crippen LogP contribution in [0.4, 0.5) is 8.78 Å². The van der Waals surface area contributed by atoms with E-state index in [4.69, 9.17) is 12.2 Å². The summed E-state index contributed by atoms with van der Waals surface area (Å²) in [5.41, 5.74) is 0.0538. The maximum Gasteiger partial charge on any atom is 0.199 e. The highest BCUT2D eigenvalue weighted by Gasteiger charge is 2.17. The number of rotatable bonds is 2. The van der Waals surface area contributed by atoms with Crippen LogP contribution in [0, 0.1) is 16.4 Å². The van der Waals surface area contributed by atoms with Gasteiger partial charge in [-0.15, -0.1) is 0 Å². The Morgan fingerprint density at radius 1 is 1.33 bits per heavy atom. The highest BCUT2D eigenvalue weighted by molar-refractivity contribution is 9.10. The molecule has 0 aliphatic heterocycles. The van der Waals surface area contributed by atoms with Gasteiger partial charge in [0.05, 0.1) is 10.2 Å². The van der Waals surface area contributed by atoms with E-state index in [1.165, 1.54) is 4.57 Å². The number of halogens is 3. The average Bonchev–Trinajstić information content (AvgIpc) is 2.66. The van der Waals surface area contributed by atoms with Crippen molar-refractivity contribution in [1.82, 2.24) is 14.8 Å². The van der Waals surface area contributed by atoms with Gasteiger partial charge in [0.15, 0.2) is 4.77 Å². The van der Waals surface area contributed by atoms with E-state index >= 15 is 0 Å². The van der Waals surface area contributed by atoms with Crippen LogP contribution in [0.25, 0.3) is 5.69 Å². The second-order valence-corrected chi connectivity index (χ2v) is 5.34. The highest BCUT2D eigenvalue weighted by Crippen LogP contribution is 2.25. The number of nitrogens with one attached hydrogen (secondary N) is 1. The summed E-state index contributed by atoms with van der Waals surface area (Å²) in [6.07, 6.45) is 0. The van der Waals surface area contributed by atoms with Gasteiger partial charge in [-0.2, -0.15) is 5.10 Å². The number of nitrogens with zero attached hydrogens (tertiary/aromatic N) is 2. The lowest BCUT2D eigenvalue weighted by Crippen LogP contribution is -2.06. The van der Waals surface area contributed by atoms with Crippen molar-refractivity contribution in [3.8, 4) is 5.69 Å². The van der Waals surface area contributed by atoms with Gasteiger partial charge in [-0.25, -0.2) is 8.78 Å². The molecule has 1 aromatic heterocycles. The van der Waals surface area contributed by atoms with Crippen LogP contribution in [0.2, 0.25) is 0 Å². The summed E-state index contributed by atoms with van der Waals surface area (Å²) in [6.45, 7) is 3.79. The van der Waals surface area contributed by atoms with Crippen LogP contribution in [0.3, 0.4) is 0 Å². The number of hydrogen-bond donors (Lipinski definition) is 1. The van der Waals surface area contributed by atoms with E-state index < -0.39 is 11.6 Å². The standard InChI is InChI=1S/C11H10BrF2N3S/c1-5(2)10-15-16-11(18)17(10)9-4-7(13)6(12)3-8(9)14/h3-5H,1-2H3,(H,16,18). The zero-order chi connectivity index (χ0) is 13.4. The fraction of sp³-hybridized carbons (Fsp3) is 0.273. The highest BCUT2D eigenvalue weighted by atomic mass is 79.9. The third-order valence-electron chi connectivity index (χ3n) is 2.45. The Labute approximate surface area is 116 Å². The zero-order valence-corrected chi connectivity index (χ0v) is 12.1. The first kappa shape index (κ1) is 13.4. The summed E-state index contributed by atoms with van der Waals surface area (Å²) in [6, 6.07) is 2.17. The minimum atomic E-state index is -0.567. The smallest absolute Gasteiger partial charge is 0.199 e. The normalized spacial score (nSPS) is 11.2. The van der Waals surface area contributed by atoms with Crippen molar-refractivity contribution in [3.05, 3.63) is 38.8 Å². The summed E-state index contributed by atoms with van der Waals surface area (Å²) in [5.74, 6) is -0.531. The molecule has 2 aromatic rings. The first-order chi connectivity index (χ1) is 8.41. The van der Waals surface area contributed by atoms with Gasteiger partial charge in [-0.05, 0) is 34.2 Å². The van der Waals surface area contributed by atoms with Gasteiger partial charge in [0.1, 0.15) is 17.5 Å². The molecule has 0 atom stereocenters. The molecule has 0 unspecified atom stereocenters. The SMILES string of the molecule is CC(C)c1n[nH]c(=S)n1-c1cc(F)c(Br)cc1F. The predicted octanol–water partition coefficient (Wildman–Crippen LogP) is 4.09. The number of H-pyrrole nitrogens is 1. The molecule has 0 spiro atoms. The van der Waals surface area contributed by atoms with Crippen molar-refractivity contribution in [3.63, 3.8) is 0 Å². The Morgan fingerprint density at radius 3 is 2.61 bits per heavy atom.